The lowest BCUT2D eigenvalue weighted by molar-refractivity contribution is -0.125. The summed E-state index contributed by atoms with van der Waals surface area (Å²) in [5.41, 5.74) is 3.31. The third-order valence-corrected chi connectivity index (χ3v) is 4.84. The second-order valence-electron chi connectivity index (χ2n) is 7.04. The fourth-order valence-corrected chi connectivity index (χ4v) is 3.19. The van der Waals surface area contributed by atoms with Gasteiger partial charge in [0.25, 0.3) is 5.91 Å². The van der Waals surface area contributed by atoms with Gasteiger partial charge in [-0.2, -0.15) is 0 Å². The molecule has 3 aromatic carbocycles. The smallest absolute Gasteiger partial charge is 0.343 e. The minimum absolute atomic E-state index is 0.169. The van der Waals surface area contributed by atoms with Gasteiger partial charge in [0.05, 0.1) is 14.2 Å². The predicted molar refractivity (Wildman–Crippen MR) is 119 cm³/mol. The lowest BCUT2D eigenvalue weighted by Crippen LogP contribution is -2.26. The number of esters is 1. The standard InChI is InChI=1S/C25H25NO5/c1-16-13-14-17(2)20(15-16)26-24(27)22(18-9-6-5-7-10-18)31-25(28)19-11-8-12-21(29-3)23(19)30-4/h5-15,22H,1-4H3,(H,26,27). The minimum atomic E-state index is -1.15. The molecule has 31 heavy (non-hydrogen) atoms. The average molecular weight is 419 g/mol. The number of ether oxygens (including phenoxy) is 3. The van der Waals surface area contributed by atoms with E-state index >= 15 is 0 Å². The number of nitrogens with one attached hydrogen (secondary N) is 1. The number of carbonyl (C=O) groups is 2. The first kappa shape index (κ1) is 21.9. The number of aryl methyl sites for hydroxylation is 2. The van der Waals surface area contributed by atoms with Gasteiger partial charge in [-0.05, 0) is 43.2 Å². The number of hydrogen-bond acceptors (Lipinski definition) is 5. The molecule has 0 aromatic heterocycles. The first-order valence-electron chi connectivity index (χ1n) is 9.79. The molecule has 1 amide bonds. The maximum atomic E-state index is 13.2. The number of anilines is 1. The van der Waals surface area contributed by atoms with Crippen molar-refractivity contribution in [2.24, 2.45) is 0 Å². The van der Waals surface area contributed by atoms with Crippen LogP contribution in [0.15, 0.2) is 66.7 Å². The van der Waals surface area contributed by atoms with Crippen LogP contribution in [0, 0.1) is 13.8 Å². The molecule has 1 N–H and O–H groups in total. The second kappa shape index (κ2) is 9.80. The number of methoxy groups -OCH3 is 2. The van der Waals surface area contributed by atoms with E-state index in [0.717, 1.165) is 11.1 Å². The SMILES string of the molecule is COc1cccc(C(=O)OC(C(=O)Nc2cc(C)ccc2C)c2ccccc2)c1OC. The first-order valence-corrected chi connectivity index (χ1v) is 9.79. The van der Waals surface area contributed by atoms with Crippen molar-refractivity contribution >= 4 is 17.6 Å². The van der Waals surface area contributed by atoms with Gasteiger partial charge >= 0.3 is 5.97 Å². The molecule has 0 bridgehead atoms. The van der Waals surface area contributed by atoms with Gasteiger partial charge in [0, 0.05) is 11.3 Å². The minimum Gasteiger partial charge on any atom is -0.493 e. The third kappa shape index (κ3) is 5.04. The van der Waals surface area contributed by atoms with E-state index in [9.17, 15) is 9.59 Å². The summed E-state index contributed by atoms with van der Waals surface area (Å²) in [4.78, 5) is 26.2. The Morgan fingerprint density at radius 2 is 1.61 bits per heavy atom. The van der Waals surface area contributed by atoms with E-state index in [2.05, 4.69) is 5.32 Å². The Kier molecular flexibility index (Phi) is 6.92. The van der Waals surface area contributed by atoms with Crippen molar-refractivity contribution < 1.29 is 23.8 Å². The molecule has 0 heterocycles. The van der Waals surface area contributed by atoms with Gasteiger partial charge in [0.2, 0.25) is 6.10 Å². The van der Waals surface area contributed by atoms with Crippen LogP contribution >= 0.6 is 0 Å². The number of benzene rings is 3. The fourth-order valence-electron chi connectivity index (χ4n) is 3.19. The summed E-state index contributed by atoms with van der Waals surface area (Å²) in [6.07, 6.45) is -1.15. The zero-order valence-corrected chi connectivity index (χ0v) is 18.0. The molecule has 0 aliphatic heterocycles. The lowest BCUT2D eigenvalue weighted by Gasteiger charge is -2.20. The van der Waals surface area contributed by atoms with Crippen molar-refractivity contribution in [3.8, 4) is 11.5 Å². The van der Waals surface area contributed by atoms with Crippen molar-refractivity contribution in [1.82, 2.24) is 0 Å². The summed E-state index contributed by atoms with van der Waals surface area (Å²) < 4.78 is 16.3. The maximum Gasteiger partial charge on any atom is 0.343 e. The maximum absolute atomic E-state index is 13.2. The van der Waals surface area contributed by atoms with Crippen LogP contribution in [0.3, 0.4) is 0 Å². The van der Waals surface area contributed by atoms with Crippen LogP contribution in [-0.2, 0) is 9.53 Å². The first-order chi connectivity index (χ1) is 14.9. The van der Waals surface area contributed by atoms with Crippen LogP contribution in [0.2, 0.25) is 0 Å². The van der Waals surface area contributed by atoms with Gasteiger partial charge in [0.1, 0.15) is 5.56 Å². The summed E-state index contributed by atoms with van der Waals surface area (Å²) in [7, 11) is 2.92. The Bertz CT molecular complexity index is 1080. The number of amides is 1. The molecule has 1 unspecified atom stereocenters. The van der Waals surface area contributed by atoms with Crippen molar-refractivity contribution in [3.63, 3.8) is 0 Å². The molecule has 6 nitrogen and oxygen atoms in total. The molecular weight excluding hydrogens is 394 g/mol. The van der Waals surface area contributed by atoms with Crippen molar-refractivity contribution in [2.75, 3.05) is 19.5 Å². The van der Waals surface area contributed by atoms with Crippen LogP contribution < -0.4 is 14.8 Å². The van der Waals surface area contributed by atoms with E-state index in [4.69, 9.17) is 14.2 Å². The van der Waals surface area contributed by atoms with Gasteiger partial charge in [-0.25, -0.2) is 4.79 Å². The molecule has 160 valence electrons. The Morgan fingerprint density at radius 3 is 2.29 bits per heavy atom. The molecular formula is C25H25NO5. The largest absolute Gasteiger partial charge is 0.493 e. The van der Waals surface area contributed by atoms with Crippen LogP contribution in [0.25, 0.3) is 0 Å². The molecule has 0 aliphatic rings. The molecule has 0 saturated carbocycles. The van der Waals surface area contributed by atoms with Crippen molar-refractivity contribution in [1.29, 1.82) is 0 Å². The molecule has 0 radical (unpaired) electrons. The summed E-state index contributed by atoms with van der Waals surface area (Å²) >= 11 is 0. The topological polar surface area (TPSA) is 73.9 Å². The number of hydrogen-bond donors (Lipinski definition) is 1. The highest BCUT2D eigenvalue weighted by Crippen LogP contribution is 2.32. The normalized spacial score (nSPS) is 11.4. The number of carbonyl (C=O) groups excluding carboxylic acids is 2. The van der Waals surface area contributed by atoms with Gasteiger partial charge in [-0.1, -0.05) is 48.5 Å². The van der Waals surface area contributed by atoms with E-state index in [1.165, 1.54) is 14.2 Å². The molecule has 0 aliphatic carbocycles. The summed E-state index contributed by atoms with van der Waals surface area (Å²) in [5.74, 6) is -0.499. The molecule has 6 heteroatoms. The molecule has 0 saturated heterocycles. The van der Waals surface area contributed by atoms with Crippen LogP contribution in [0.4, 0.5) is 5.69 Å². The Hall–Kier alpha value is -3.80. The molecule has 0 spiro atoms. The highest BCUT2D eigenvalue weighted by Gasteiger charge is 2.28. The zero-order valence-electron chi connectivity index (χ0n) is 18.0. The highest BCUT2D eigenvalue weighted by atomic mass is 16.6. The third-order valence-electron chi connectivity index (χ3n) is 4.84. The average Bonchev–Trinajstić information content (AvgIpc) is 2.79. The molecule has 3 rings (SSSR count). The Balaban J connectivity index is 1.93. The van der Waals surface area contributed by atoms with E-state index in [1.807, 2.05) is 38.1 Å². The van der Waals surface area contributed by atoms with Gasteiger partial charge in [0.15, 0.2) is 11.5 Å². The van der Waals surface area contributed by atoms with E-state index < -0.39 is 18.0 Å². The van der Waals surface area contributed by atoms with Gasteiger partial charge in [-0.15, -0.1) is 0 Å². The van der Waals surface area contributed by atoms with E-state index in [0.29, 0.717) is 17.0 Å². The Labute approximate surface area is 181 Å². The van der Waals surface area contributed by atoms with Crippen LogP contribution in [-0.4, -0.2) is 26.1 Å². The second-order valence-corrected chi connectivity index (χ2v) is 7.04. The summed E-state index contributed by atoms with van der Waals surface area (Å²) in [6.45, 7) is 3.85. The molecule has 3 aromatic rings. The Morgan fingerprint density at radius 1 is 0.871 bits per heavy atom. The zero-order chi connectivity index (χ0) is 22.4. The molecule has 0 fully saturated rings. The number of para-hydroxylation sites is 1. The summed E-state index contributed by atoms with van der Waals surface area (Å²) in [5, 5.41) is 2.89. The number of rotatable bonds is 7. The lowest BCUT2D eigenvalue weighted by atomic mass is 10.1. The van der Waals surface area contributed by atoms with Crippen molar-refractivity contribution in [3.05, 3.63) is 89.0 Å². The van der Waals surface area contributed by atoms with Gasteiger partial charge in [-0.3, -0.25) is 4.79 Å². The quantitative estimate of drug-likeness (QED) is 0.554. The van der Waals surface area contributed by atoms with Gasteiger partial charge < -0.3 is 19.5 Å². The monoisotopic (exact) mass is 419 g/mol. The van der Waals surface area contributed by atoms with Crippen LogP contribution in [0.5, 0.6) is 11.5 Å². The van der Waals surface area contributed by atoms with E-state index in [-0.39, 0.29) is 11.3 Å². The highest BCUT2D eigenvalue weighted by molar-refractivity contribution is 5.99. The van der Waals surface area contributed by atoms with Crippen molar-refractivity contribution in [2.45, 2.75) is 20.0 Å². The van der Waals surface area contributed by atoms with Crippen LogP contribution in [0.1, 0.15) is 33.2 Å². The summed E-state index contributed by atoms with van der Waals surface area (Å²) in [6, 6.07) is 19.5. The van der Waals surface area contributed by atoms with E-state index in [1.54, 1.807) is 42.5 Å². The fraction of sp³-hybridized carbons (Fsp3) is 0.200. The predicted octanol–water partition coefficient (Wildman–Crippen LogP) is 4.86. The molecule has 1 atom stereocenters.